The summed E-state index contributed by atoms with van der Waals surface area (Å²) in [6, 6.07) is 0. The maximum Gasteiger partial charge on any atom is 0.573 e. The average Bonchev–Trinajstić information content (AvgIpc) is 1.97. The number of ether oxygens (including phenoxy) is 1. The molecule has 1 nitrogen and oxygen atoms in total. The van der Waals surface area contributed by atoms with Crippen LogP contribution >= 0.6 is 0 Å². The molecule has 0 saturated carbocycles. The Morgan fingerprint density at radius 3 is 2.23 bits per heavy atom. The van der Waals surface area contributed by atoms with Gasteiger partial charge in [-0.25, -0.2) is 0 Å². The van der Waals surface area contributed by atoms with Crippen LogP contribution in [-0.2, 0) is 4.74 Å². The van der Waals surface area contributed by atoms with E-state index in [1.807, 2.05) is 0 Å². The third kappa shape index (κ3) is 7.18. The standard InChI is InChI=1S/C9H11F3O/c1-4-7(2)5-6-8(3)13-9(10,11)12/h4-6H,3H2,1-2H3/b6-5-,7-4-. The van der Waals surface area contributed by atoms with Crippen molar-refractivity contribution < 1.29 is 17.9 Å². The first-order valence-electron chi connectivity index (χ1n) is 3.61. The van der Waals surface area contributed by atoms with Gasteiger partial charge in [-0.15, -0.1) is 13.2 Å². The van der Waals surface area contributed by atoms with E-state index in [0.29, 0.717) is 0 Å². The molecule has 0 saturated heterocycles. The Hall–Kier alpha value is -1.19. The third-order valence-corrected chi connectivity index (χ3v) is 1.23. The summed E-state index contributed by atoms with van der Waals surface area (Å²) >= 11 is 0. The fraction of sp³-hybridized carbons (Fsp3) is 0.333. The van der Waals surface area contributed by atoms with E-state index in [1.165, 1.54) is 12.2 Å². The van der Waals surface area contributed by atoms with E-state index in [9.17, 15) is 13.2 Å². The topological polar surface area (TPSA) is 9.23 Å². The molecule has 0 heterocycles. The van der Waals surface area contributed by atoms with E-state index < -0.39 is 12.1 Å². The molecule has 0 atom stereocenters. The zero-order valence-electron chi connectivity index (χ0n) is 7.48. The Kier molecular flexibility index (Phi) is 4.31. The number of alkyl halides is 3. The summed E-state index contributed by atoms with van der Waals surface area (Å²) in [7, 11) is 0. The highest BCUT2D eigenvalue weighted by atomic mass is 19.4. The van der Waals surface area contributed by atoms with Crippen molar-refractivity contribution in [2.24, 2.45) is 0 Å². The van der Waals surface area contributed by atoms with Crippen molar-refractivity contribution in [3.63, 3.8) is 0 Å². The molecule has 0 aromatic carbocycles. The Morgan fingerprint density at radius 2 is 1.85 bits per heavy atom. The molecule has 0 aliphatic heterocycles. The fourth-order valence-electron chi connectivity index (χ4n) is 0.503. The highest BCUT2D eigenvalue weighted by Gasteiger charge is 2.30. The zero-order chi connectivity index (χ0) is 10.5. The maximum absolute atomic E-state index is 11.6. The van der Waals surface area contributed by atoms with Gasteiger partial charge < -0.3 is 4.74 Å². The summed E-state index contributed by atoms with van der Waals surface area (Å²) in [5, 5.41) is 0. The van der Waals surface area contributed by atoms with Crippen molar-refractivity contribution in [1.29, 1.82) is 0 Å². The van der Waals surface area contributed by atoms with Gasteiger partial charge in [0.05, 0.1) is 0 Å². The van der Waals surface area contributed by atoms with E-state index in [4.69, 9.17) is 0 Å². The van der Waals surface area contributed by atoms with Gasteiger partial charge >= 0.3 is 6.36 Å². The molecular formula is C9H11F3O. The monoisotopic (exact) mass is 192 g/mol. The van der Waals surface area contributed by atoms with E-state index in [2.05, 4.69) is 11.3 Å². The normalized spacial score (nSPS) is 13.5. The van der Waals surface area contributed by atoms with Crippen LogP contribution in [0.25, 0.3) is 0 Å². The van der Waals surface area contributed by atoms with Crippen molar-refractivity contribution in [2.75, 3.05) is 0 Å². The molecule has 0 rings (SSSR count). The van der Waals surface area contributed by atoms with Crippen LogP contribution in [0.15, 0.2) is 36.1 Å². The number of hydrogen-bond donors (Lipinski definition) is 0. The average molecular weight is 192 g/mol. The lowest BCUT2D eigenvalue weighted by molar-refractivity contribution is -0.303. The van der Waals surface area contributed by atoms with Crippen LogP contribution in [0.3, 0.4) is 0 Å². The number of allylic oxidation sites excluding steroid dienone is 4. The molecule has 13 heavy (non-hydrogen) atoms. The first kappa shape index (κ1) is 11.8. The Morgan fingerprint density at radius 1 is 1.31 bits per heavy atom. The van der Waals surface area contributed by atoms with E-state index in [1.54, 1.807) is 19.9 Å². The van der Waals surface area contributed by atoms with E-state index in [0.717, 1.165) is 5.57 Å². The van der Waals surface area contributed by atoms with Crippen molar-refractivity contribution in [1.82, 2.24) is 0 Å². The minimum atomic E-state index is -4.66. The van der Waals surface area contributed by atoms with Crippen molar-refractivity contribution in [3.8, 4) is 0 Å². The number of hydrogen-bond acceptors (Lipinski definition) is 1. The lowest BCUT2D eigenvalue weighted by Crippen LogP contribution is -2.11. The van der Waals surface area contributed by atoms with Gasteiger partial charge in [-0.05, 0) is 19.9 Å². The van der Waals surface area contributed by atoms with Crippen LogP contribution in [0.2, 0.25) is 0 Å². The van der Waals surface area contributed by atoms with Gasteiger partial charge in [0.1, 0.15) is 5.76 Å². The molecule has 0 radical (unpaired) electrons. The summed E-state index contributed by atoms with van der Waals surface area (Å²) in [4.78, 5) is 0. The van der Waals surface area contributed by atoms with Gasteiger partial charge in [0.25, 0.3) is 0 Å². The van der Waals surface area contributed by atoms with Crippen molar-refractivity contribution in [3.05, 3.63) is 36.1 Å². The summed E-state index contributed by atoms with van der Waals surface area (Å²) in [5.74, 6) is -0.422. The summed E-state index contributed by atoms with van der Waals surface area (Å²) < 4.78 is 38.3. The molecule has 0 amide bonds. The molecule has 0 aliphatic carbocycles. The van der Waals surface area contributed by atoms with Crippen LogP contribution in [0, 0.1) is 0 Å². The van der Waals surface area contributed by atoms with Crippen LogP contribution in [0.4, 0.5) is 13.2 Å². The SMILES string of the molecule is C=C(/C=C\C(C)=C/C)OC(F)(F)F. The Labute approximate surface area is 75.2 Å². The molecule has 0 N–H and O–H groups in total. The summed E-state index contributed by atoms with van der Waals surface area (Å²) in [6.07, 6.45) is -0.237. The van der Waals surface area contributed by atoms with Gasteiger partial charge in [-0.2, -0.15) is 0 Å². The second-order valence-electron chi connectivity index (χ2n) is 2.38. The fourth-order valence-corrected chi connectivity index (χ4v) is 0.503. The third-order valence-electron chi connectivity index (χ3n) is 1.23. The van der Waals surface area contributed by atoms with Crippen LogP contribution in [0.5, 0.6) is 0 Å². The summed E-state index contributed by atoms with van der Waals surface area (Å²) in [5.41, 5.74) is 0.840. The summed E-state index contributed by atoms with van der Waals surface area (Å²) in [6.45, 7) is 6.64. The maximum atomic E-state index is 11.6. The molecule has 74 valence electrons. The van der Waals surface area contributed by atoms with Gasteiger partial charge in [0.2, 0.25) is 0 Å². The second-order valence-corrected chi connectivity index (χ2v) is 2.38. The molecule has 0 unspecified atom stereocenters. The van der Waals surface area contributed by atoms with E-state index in [-0.39, 0.29) is 0 Å². The highest BCUT2D eigenvalue weighted by Crippen LogP contribution is 2.20. The van der Waals surface area contributed by atoms with E-state index >= 15 is 0 Å². The van der Waals surface area contributed by atoms with Gasteiger partial charge in [0, 0.05) is 0 Å². The molecule has 0 fully saturated rings. The predicted molar refractivity (Wildman–Crippen MR) is 44.9 cm³/mol. The minimum Gasteiger partial charge on any atom is -0.406 e. The predicted octanol–water partition coefficient (Wildman–Crippen LogP) is 3.56. The molecule has 0 aromatic rings. The minimum absolute atomic E-state index is 0.422. The number of rotatable bonds is 3. The lowest BCUT2D eigenvalue weighted by Gasteiger charge is -2.07. The van der Waals surface area contributed by atoms with Crippen molar-refractivity contribution >= 4 is 0 Å². The van der Waals surface area contributed by atoms with Gasteiger partial charge in [0.15, 0.2) is 0 Å². The molecule has 0 spiro atoms. The Balaban J connectivity index is 4.10. The number of halogens is 3. The molecule has 0 aliphatic rings. The smallest absolute Gasteiger partial charge is 0.406 e. The van der Waals surface area contributed by atoms with Crippen LogP contribution in [-0.4, -0.2) is 6.36 Å². The molecule has 0 bridgehead atoms. The quantitative estimate of drug-likeness (QED) is 0.490. The molecule has 0 aromatic heterocycles. The van der Waals surface area contributed by atoms with Crippen molar-refractivity contribution in [2.45, 2.75) is 20.2 Å². The highest BCUT2D eigenvalue weighted by molar-refractivity contribution is 5.21. The molecule has 4 heteroatoms. The first-order valence-corrected chi connectivity index (χ1v) is 3.61. The zero-order valence-corrected chi connectivity index (χ0v) is 7.48. The van der Waals surface area contributed by atoms with Crippen LogP contribution in [0.1, 0.15) is 13.8 Å². The van der Waals surface area contributed by atoms with Crippen LogP contribution < -0.4 is 0 Å². The van der Waals surface area contributed by atoms with Gasteiger partial charge in [-0.1, -0.05) is 24.3 Å². The Bertz CT molecular complexity index is 236. The lowest BCUT2D eigenvalue weighted by atomic mass is 10.2. The largest absolute Gasteiger partial charge is 0.573 e. The van der Waals surface area contributed by atoms with Gasteiger partial charge in [-0.3, -0.25) is 0 Å². The second kappa shape index (κ2) is 4.74. The molecular weight excluding hydrogens is 181 g/mol. The first-order chi connectivity index (χ1) is 5.85.